The molecule has 0 fully saturated rings. The lowest BCUT2D eigenvalue weighted by molar-refractivity contribution is 0.405. The van der Waals surface area contributed by atoms with E-state index in [0.717, 1.165) is 34.3 Å². The Kier molecular flexibility index (Phi) is 5.64. The Hall–Kier alpha value is -3.02. The molecule has 0 aliphatic heterocycles. The van der Waals surface area contributed by atoms with Crippen molar-refractivity contribution in [1.29, 1.82) is 0 Å². The highest BCUT2D eigenvalue weighted by molar-refractivity contribution is 5.80. The van der Waals surface area contributed by atoms with Crippen LogP contribution in [0.3, 0.4) is 0 Å². The van der Waals surface area contributed by atoms with E-state index >= 15 is 0 Å². The van der Waals surface area contributed by atoms with Crippen molar-refractivity contribution in [3.63, 3.8) is 0 Å². The van der Waals surface area contributed by atoms with E-state index in [9.17, 15) is 0 Å². The molecule has 2 aromatic heterocycles. The van der Waals surface area contributed by atoms with E-state index in [1.165, 1.54) is 5.56 Å². The van der Waals surface area contributed by atoms with Crippen molar-refractivity contribution in [2.24, 2.45) is 4.99 Å². The summed E-state index contributed by atoms with van der Waals surface area (Å²) in [7, 11) is 3.46. The largest absolute Gasteiger partial charge is 0.496 e. The number of benzene rings is 1. The number of hydrogen-bond donors (Lipinski definition) is 2. The van der Waals surface area contributed by atoms with Crippen LogP contribution in [0.2, 0.25) is 0 Å². The number of pyridine rings is 1. The number of imidazole rings is 1. The average molecular weight is 365 g/mol. The van der Waals surface area contributed by atoms with Crippen LogP contribution in [0, 0.1) is 13.8 Å². The number of aryl methyl sites for hydroxylation is 2. The van der Waals surface area contributed by atoms with Crippen LogP contribution in [0.5, 0.6) is 5.75 Å². The molecule has 2 heterocycles. The van der Waals surface area contributed by atoms with Crippen molar-refractivity contribution in [2.75, 3.05) is 14.2 Å². The predicted molar refractivity (Wildman–Crippen MR) is 109 cm³/mol. The summed E-state index contributed by atoms with van der Waals surface area (Å²) in [5.74, 6) is 1.59. The van der Waals surface area contributed by atoms with E-state index in [1.807, 2.05) is 24.3 Å². The van der Waals surface area contributed by atoms with Gasteiger partial charge in [-0.15, -0.1) is 0 Å². The highest BCUT2D eigenvalue weighted by Crippen LogP contribution is 2.25. The fourth-order valence-electron chi connectivity index (χ4n) is 3.13. The van der Waals surface area contributed by atoms with Crippen molar-refractivity contribution in [3.05, 3.63) is 65.1 Å². The maximum absolute atomic E-state index is 5.50. The van der Waals surface area contributed by atoms with Crippen molar-refractivity contribution in [2.45, 2.75) is 33.4 Å². The first-order valence-corrected chi connectivity index (χ1v) is 9.07. The molecule has 6 heteroatoms. The summed E-state index contributed by atoms with van der Waals surface area (Å²) < 4.78 is 7.59. The summed E-state index contributed by atoms with van der Waals surface area (Å²) >= 11 is 0. The van der Waals surface area contributed by atoms with E-state index in [2.05, 4.69) is 64.1 Å². The minimum atomic E-state index is 0.0503. The van der Waals surface area contributed by atoms with Gasteiger partial charge in [-0.25, -0.2) is 4.98 Å². The number of nitrogens with zero attached hydrogens (tertiary/aromatic N) is 3. The van der Waals surface area contributed by atoms with Crippen LogP contribution < -0.4 is 15.4 Å². The molecule has 0 spiro atoms. The second-order valence-electron chi connectivity index (χ2n) is 6.66. The lowest BCUT2D eigenvalue weighted by atomic mass is 10.0. The Morgan fingerprint density at radius 3 is 2.78 bits per heavy atom. The molecule has 2 N–H and O–H groups in total. The van der Waals surface area contributed by atoms with Gasteiger partial charge < -0.3 is 19.8 Å². The third kappa shape index (κ3) is 4.22. The highest BCUT2D eigenvalue weighted by atomic mass is 16.5. The molecule has 0 aliphatic rings. The van der Waals surface area contributed by atoms with E-state index in [1.54, 1.807) is 14.2 Å². The number of ether oxygens (including phenoxy) is 1. The number of aromatic nitrogens is 2. The monoisotopic (exact) mass is 365 g/mol. The fraction of sp³-hybridized carbons (Fsp3) is 0.333. The summed E-state index contributed by atoms with van der Waals surface area (Å²) in [4.78, 5) is 8.99. The molecule has 0 bridgehead atoms. The molecular weight excluding hydrogens is 338 g/mol. The summed E-state index contributed by atoms with van der Waals surface area (Å²) in [5.41, 5.74) is 5.38. The zero-order valence-corrected chi connectivity index (χ0v) is 16.6. The number of aliphatic imine (C=N–C) groups is 1. The molecule has 0 aliphatic carbocycles. The van der Waals surface area contributed by atoms with Gasteiger partial charge in [0.25, 0.3) is 0 Å². The van der Waals surface area contributed by atoms with Gasteiger partial charge in [-0.2, -0.15) is 0 Å². The van der Waals surface area contributed by atoms with Gasteiger partial charge in [0.2, 0.25) is 0 Å². The molecule has 1 unspecified atom stereocenters. The molecule has 27 heavy (non-hydrogen) atoms. The first kappa shape index (κ1) is 18.8. The normalized spacial score (nSPS) is 12.9. The first-order valence-electron chi connectivity index (χ1n) is 9.07. The maximum atomic E-state index is 5.50. The SMILES string of the molecule is CN=C(NCc1cn2c(C)cccc2n1)NC(C)c1cc(C)ccc1OC. The molecule has 0 amide bonds. The van der Waals surface area contributed by atoms with Crippen LogP contribution in [0.15, 0.2) is 47.6 Å². The van der Waals surface area contributed by atoms with Crippen molar-refractivity contribution in [3.8, 4) is 5.75 Å². The molecule has 142 valence electrons. The van der Waals surface area contributed by atoms with Gasteiger partial charge in [0, 0.05) is 24.5 Å². The third-order valence-corrected chi connectivity index (χ3v) is 4.61. The second kappa shape index (κ2) is 8.12. The second-order valence-corrected chi connectivity index (χ2v) is 6.66. The summed E-state index contributed by atoms with van der Waals surface area (Å²) in [6, 6.07) is 12.3. The minimum Gasteiger partial charge on any atom is -0.496 e. The molecule has 6 nitrogen and oxygen atoms in total. The molecular formula is C21H27N5O. The Morgan fingerprint density at radius 1 is 1.26 bits per heavy atom. The lowest BCUT2D eigenvalue weighted by Crippen LogP contribution is -2.38. The average Bonchev–Trinajstić information content (AvgIpc) is 3.09. The smallest absolute Gasteiger partial charge is 0.191 e. The fourth-order valence-corrected chi connectivity index (χ4v) is 3.13. The van der Waals surface area contributed by atoms with Crippen LogP contribution in [-0.2, 0) is 6.54 Å². The predicted octanol–water partition coefficient (Wildman–Crippen LogP) is 3.39. The Labute approximate surface area is 160 Å². The number of hydrogen-bond acceptors (Lipinski definition) is 3. The zero-order chi connectivity index (χ0) is 19.4. The van der Waals surface area contributed by atoms with E-state index in [4.69, 9.17) is 4.74 Å². The molecule has 3 aromatic rings. The topological polar surface area (TPSA) is 63.0 Å². The van der Waals surface area contributed by atoms with Crippen LogP contribution in [-0.4, -0.2) is 29.5 Å². The van der Waals surface area contributed by atoms with Crippen molar-refractivity contribution >= 4 is 11.6 Å². The van der Waals surface area contributed by atoms with Crippen molar-refractivity contribution in [1.82, 2.24) is 20.0 Å². The number of fused-ring (bicyclic) bond motifs is 1. The summed E-state index contributed by atoms with van der Waals surface area (Å²) in [6.07, 6.45) is 2.05. The third-order valence-electron chi connectivity index (χ3n) is 4.61. The number of rotatable bonds is 5. The van der Waals surface area contributed by atoms with Crippen LogP contribution >= 0.6 is 0 Å². The van der Waals surface area contributed by atoms with Gasteiger partial charge in [-0.3, -0.25) is 4.99 Å². The molecule has 3 rings (SSSR count). The Bertz CT molecular complexity index is 960. The van der Waals surface area contributed by atoms with Crippen LogP contribution in [0.25, 0.3) is 5.65 Å². The summed E-state index contributed by atoms with van der Waals surface area (Å²) in [6.45, 7) is 6.84. The van der Waals surface area contributed by atoms with E-state index in [0.29, 0.717) is 6.54 Å². The maximum Gasteiger partial charge on any atom is 0.191 e. The van der Waals surface area contributed by atoms with Crippen LogP contribution in [0.1, 0.15) is 35.5 Å². The molecule has 0 radical (unpaired) electrons. The lowest BCUT2D eigenvalue weighted by Gasteiger charge is -2.20. The van der Waals surface area contributed by atoms with Gasteiger partial charge in [0.1, 0.15) is 11.4 Å². The quantitative estimate of drug-likeness (QED) is 0.537. The summed E-state index contributed by atoms with van der Waals surface area (Å²) in [5, 5.41) is 6.77. The molecule has 1 aromatic carbocycles. The number of nitrogens with one attached hydrogen (secondary N) is 2. The van der Waals surface area contributed by atoms with E-state index < -0.39 is 0 Å². The Morgan fingerprint density at radius 2 is 2.07 bits per heavy atom. The molecule has 1 atom stereocenters. The Balaban J connectivity index is 1.68. The zero-order valence-electron chi connectivity index (χ0n) is 16.6. The van der Waals surface area contributed by atoms with Crippen molar-refractivity contribution < 1.29 is 4.74 Å². The van der Waals surface area contributed by atoms with E-state index in [-0.39, 0.29) is 6.04 Å². The molecule has 0 saturated heterocycles. The minimum absolute atomic E-state index is 0.0503. The number of guanidine groups is 1. The van der Waals surface area contributed by atoms with Crippen LogP contribution in [0.4, 0.5) is 0 Å². The van der Waals surface area contributed by atoms with Gasteiger partial charge >= 0.3 is 0 Å². The molecule has 0 saturated carbocycles. The first-order chi connectivity index (χ1) is 13.0. The number of methoxy groups -OCH3 is 1. The van der Waals surface area contributed by atoms with Gasteiger partial charge in [0.15, 0.2) is 5.96 Å². The van der Waals surface area contributed by atoms with Gasteiger partial charge in [0.05, 0.1) is 25.4 Å². The standard InChI is InChI=1S/C21H27N5O/c1-14-9-10-19(27-5)18(11-14)16(3)24-21(22-4)23-12-17-13-26-15(2)7-6-8-20(26)25-17/h6-11,13,16H,12H2,1-5H3,(H2,22,23,24). The van der Waals surface area contributed by atoms with Gasteiger partial charge in [-0.1, -0.05) is 23.8 Å². The van der Waals surface area contributed by atoms with Gasteiger partial charge in [-0.05, 0) is 39.0 Å². The highest BCUT2D eigenvalue weighted by Gasteiger charge is 2.13.